The van der Waals surface area contributed by atoms with Crippen LogP contribution in [0.1, 0.15) is 77.5 Å². The van der Waals surface area contributed by atoms with E-state index in [1.165, 1.54) is 11.5 Å². The Hall–Kier alpha value is -2.78. The van der Waals surface area contributed by atoms with Gasteiger partial charge in [0.1, 0.15) is 11.4 Å². The molecule has 0 aliphatic carbocycles. The number of ether oxygens (including phenoxy) is 1. The van der Waals surface area contributed by atoms with Gasteiger partial charge in [0, 0.05) is 5.54 Å². The summed E-state index contributed by atoms with van der Waals surface area (Å²) in [5.41, 5.74) is 0.672. The van der Waals surface area contributed by atoms with Gasteiger partial charge in [-0.25, -0.2) is 9.78 Å². The molecule has 0 aliphatic rings. The monoisotopic (exact) mass is 499 g/mol. The molecule has 1 amide bonds. The molecule has 2 heterocycles. The van der Waals surface area contributed by atoms with Crippen LogP contribution in [0.3, 0.4) is 0 Å². The second kappa shape index (κ2) is 10.9. The number of hydrogen-bond acceptors (Lipinski definition) is 7. The van der Waals surface area contributed by atoms with Crippen LogP contribution in [0.15, 0.2) is 35.1 Å². The molecule has 190 valence electrons. The van der Waals surface area contributed by atoms with Crippen molar-refractivity contribution >= 4 is 27.8 Å². The summed E-state index contributed by atoms with van der Waals surface area (Å²) in [6, 6.07) is 9.80. The molecule has 1 unspecified atom stereocenters. The first-order chi connectivity index (χ1) is 16.4. The van der Waals surface area contributed by atoms with E-state index in [1.54, 1.807) is 4.57 Å². The van der Waals surface area contributed by atoms with Gasteiger partial charge in [0.15, 0.2) is 4.83 Å². The zero-order valence-corrected chi connectivity index (χ0v) is 22.6. The summed E-state index contributed by atoms with van der Waals surface area (Å²) in [5.74, 6) is 0.704. The van der Waals surface area contributed by atoms with E-state index in [0.717, 1.165) is 12.0 Å². The minimum atomic E-state index is -0.548. The summed E-state index contributed by atoms with van der Waals surface area (Å²) in [6.07, 6.45) is 0.997. The number of nitrogens with zero attached hydrogens (tertiary/aromatic N) is 3. The van der Waals surface area contributed by atoms with E-state index in [-0.39, 0.29) is 11.6 Å². The fraction of sp³-hybridized carbons (Fsp3) is 0.538. The number of aryl methyl sites for hydroxylation is 1. The van der Waals surface area contributed by atoms with Gasteiger partial charge in [-0.15, -0.1) is 0 Å². The molecule has 2 N–H and O–H groups in total. The molecule has 0 aliphatic heterocycles. The van der Waals surface area contributed by atoms with Gasteiger partial charge in [-0.05, 0) is 78.0 Å². The number of carbonyl (C=O) groups excluding carboxylic acids is 1. The Balaban J connectivity index is 1.81. The number of fused-ring (bicyclic) bond motifs is 1. The highest BCUT2D eigenvalue weighted by Gasteiger charge is 2.26. The van der Waals surface area contributed by atoms with Gasteiger partial charge in [0.2, 0.25) is 0 Å². The molecule has 8 nitrogen and oxygen atoms in total. The average molecular weight is 500 g/mol. The number of aromatic nitrogens is 3. The van der Waals surface area contributed by atoms with Gasteiger partial charge in [-0.1, -0.05) is 37.3 Å². The molecule has 2 aromatic heterocycles. The van der Waals surface area contributed by atoms with Gasteiger partial charge in [0.05, 0.1) is 23.7 Å². The molecule has 3 rings (SSSR count). The molecule has 0 saturated carbocycles. The van der Waals surface area contributed by atoms with Crippen LogP contribution in [0.25, 0.3) is 10.2 Å². The van der Waals surface area contributed by atoms with Crippen molar-refractivity contribution in [3.8, 4) is 0 Å². The number of carbonyl (C=O) groups is 1. The summed E-state index contributed by atoms with van der Waals surface area (Å²) in [4.78, 5) is 31.3. The number of alkyl carbamates (subject to hydrolysis) is 1. The van der Waals surface area contributed by atoms with E-state index >= 15 is 0 Å². The van der Waals surface area contributed by atoms with Crippen LogP contribution in [-0.2, 0) is 11.3 Å². The zero-order valence-electron chi connectivity index (χ0n) is 21.8. The number of amides is 1. The molecule has 1 aromatic carbocycles. The highest BCUT2D eigenvalue weighted by molar-refractivity contribution is 7.12. The normalized spacial score (nSPS) is 13.1. The molecular formula is C26H37N5O3S. The van der Waals surface area contributed by atoms with Gasteiger partial charge in [0.25, 0.3) is 5.56 Å². The lowest BCUT2D eigenvalue weighted by atomic mass is 10.0. The standard InChI is InChI=1S/C26H37N5O3S/c1-8-19(27-15-14-26(6,7)29-24(33)34-25(3,4)5)21-28-22-20(17(2)30-35-22)23(32)31(21)16-18-12-10-9-11-13-18/h9-13,19,27H,8,14-16H2,1-7H3,(H,29,33). The number of nitrogens with one attached hydrogen (secondary N) is 2. The first-order valence-electron chi connectivity index (χ1n) is 12.1. The van der Waals surface area contributed by atoms with Crippen LogP contribution in [0.2, 0.25) is 0 Å². The van der Waals surface area contributed by atoms with Crippen molar-refractivity contribution in [3.05, 3.63) is 57.8 Å². The zero-order chi connectivity index (χ0) is 25.8. The maximum absolute atomic E-state index is 13.5. The lowest BCUT2D eigenvalue weighted by molar-refractivity contribution is 0.0468. The summed E-state index contributed by atoms with van der Waals surface area (Å²) in [5, 5.41) is 7.09. The van der Waals surface area contributed by atoms with E-state index in [1.807, 2.05) is 71.9 Å². The summed E-state index contributed by atoms with van der Waals surface area (Å²) < 4.78 is 11.5. The van der Waals surface area contributed by atoms with Crippen molar-refractivity contribution < 1.29 is 9.53 Å². The molecule has 0 spiro atoms. The Bertz CT molecular complexity index is 1210. The Kier molecular flexibility index (Phi) is 8.33. The second-order valence-corrected chi connectivity index (χ2v) is 11.2. The lowest BCUT2D eigenvalue weighted by Crippen LogP contribution is -2.47. The third-order valence-electron chi connectivity index (χ3n) is 5.68. The van der Waals surface area contributed by atoms with Gasteiger partial charge < -0.3 is 15.4 Å². The Morgan fingerprint density at radius 1 is 1.17 bits per heavy atom. The van der Waals surface area contributed by atoms with Crippen LogP contribution >= 0.6 is 11.5 Å². The van der Waals surface area contributed by atoms with Gasteiger partial charge in [-0.3, -0.25) is 9.36 Å². The van der Waals surface area contributed by atoms with Gasteiger partial charge in [-0.2, -0.15) is 4.37 Å². The topological polar surface area (TPSA) is 98.1 Å². The molecule has 9 heteroatoms. The fourth-order valence-corrected chi connectivity index (χ4v) is 4.66. The van der Waals surface area contributed by atoms with Gasteiger partial charge >= 0.3 is 6.09 Å². The Morgan fingerprint density at radius 3 is 2.49 bits per heavy atom. The van der Waals surface area contributed by atoms with Crippen LogP contribution in [0.4, 0.5) is 4.79 Å². The number of rotatable bonds is 9. The third kappa shape index (κ3) is 7.11. The minimum absolute atomic E-state index is 0.0627. The van der Waals surface area contributed by atoms with Crippen molar-refractivity contribution in [1.82, 2.24) is 24.6 Å². The molecule has 35 heavy (non-hydrogen) atoms. The molecule has 0 fully saturated rings. The third-order valence-corrected chi connectivity index (χ3v) is 6.51. The molecule has 3 aromatic rings. The summed E-state index contributed by atoms with van der Waals surface area (Å²) in [7, 11) is 0. The van der Waals surface area contributed by atoms with E-state index in [0.29, 0.717) is 41.2 Å². The van der Waals surface area contributed by atoms with Crippen molar-refractivity contribution in [2.75, 3.05) is 6.54 Å². The van der Waals surface area contributed by atoms with Crippen LogP contribution < -0.4 is 16.2 Å². The fourth-order valence-electron chi connectivity index (χ4n) is 3.89. The van der Waals surface area contributed by atoms with Crippen molar-refractivity contribution in [2.45, 2.75) is 85.0 Å². The number of hydrogen-bond donors (Lipinski definition) is 2. The predicted octanol–water partition coefficient (Wildman–Crippen LogP) is 4.94. The summed E-state index contributed by atoms with van der Waals surface area (Å²) >= 11 is 1.26. The first-order valence-corrected chi connectivity index (χ1v) is 12.8. The Labute approximate surface area is 211 Å². The molecule has 1 atom stereocenters. The highest BCUT2D eigenvalue weighted by Crippen LogP contribution is 2.22. The van der Waals surface area contributed by atoms with Crippen LogP contribution in [0.5, 0.6) is 0 Å². The van der Waals surface area contributed by atoms with Crippen LogP contribution in [-0.4, -0.2) is 37.7 Å². The van der Waals surface area contributed by atoms with Crippen molar-refractivity contribution in [3.63, 3.8) is 0 Å². The molecule has 0 bridgehead atoms. The van der Waals surface area contributed by atoms with Crippen LogP contribution in [0, 0.1) is 6.92 Å². The summed E-state index contributed by atoms with van der Waals surface area (Å²) in [6.45, 7) is 14.5. The van der Waals surface area contributed by atoms with Crippen molar-refractivity contribution in [1.29, 1.82) is 0 Å². The average Bonchev–Trinajstić information content (AvgIpc) is 3.13. The maximum Gasteiger partial charge on any atom is 0.408 e. The SMILES string of the molecule is CCC(NCCC(C)(C)NC(=O)OC(C)(C)C)c1nc2snc(C)c2c(=O)n1Cc1ccccc1. The van der Waals surface area contributed by atoms with E-state index < -0.39 is 17.2 Å². The molecule has 0 radical (unpaired) electrons. The number of benzene rings is 1. The Morgan fingerprint density at radius 2 is 1.86 bits per heavy atom. The minimum Gasteiger partial charge on any atom is -0.444 e. The quantitative estimate of drug-likeness (QED) is 0.433. The van der Waals surface area contributed by atoms with E-state index in [9.17, 15) is 9.59 Å². The van der Waals surface area contributed by atoms with E-state index in [2.05, 4.69) is 21.9 Å². The lowest BCUT2D eigenvalue weighted by Gasteiger charge is -2.29. The largest absolute Gasteiger partial charge is 0.444 e. The smallest absolute Gasteiger partial charge is 0.408 e. The second-order valence-electron chi connectivity index (χ2n) is 10.5. The molecular weight excluding hydrogens is 462 g/mol. The van der Waals surface area contributed by atoms with Crippen molar-refractivity contribution in [2.24, 2.45) is 0 Å². The maximum atomic E-state index is 13.5. The predicted molar refractivity (Wildman–Crippen MR) is 141 cm³/mol. The highest BCUT2D eigenvalue weighted by atomic mass is 32.1. The van der Waals surface area contributed by atoms with E-state index in [4.69, 9.17) is 9.72 Å². The first kappa shape index (κ1) is 26.8. The molecule has 0 saturated heterocycles.